The Bertz CT molecular complexity index is 885. The minimum Gasteiger partial charge on any atom is -0.469 e. The van der Waals surface area contributed by atoms with Crippen LogP contribution in [-0.4, -0.2) is 26.2 Å². The quantitative estimate of drug-likeness (QED) is 0.801. The summed E-state index contributed by atoms with van der Waals surface area (Å²) in [5.74, 6) is -2.57. The van der Waals surface area contributed by atoms with Crippen molar-refractivity contribution in [3.05, 3.63) is 58.2 Å². The van der Waals surface area contributed by atoms with Gasteiger partial charge in [0.05, 0.1) is 37.3 Å². The molecule has 1 heterocycles. The molecule has 1 aliphatic rings. The maximum Gasteiger partial charge on any atom is 0.338 e. The Morgan fingerprint density at radius 2 is 1.81 bits per heavy atom. The second-order valence-electron chi connectivity index (χ2n) is 5.24. The van der Waals surface area contributed by atoms with Crippen molar-refractivity contribution >= 4 is 11.9 Å². The molecule has 2 rings (SSSR count). The lowest BCUT2D eigenvalue weighted by Crippen LogP contribution is -2.26. The maximum absolute atomic E-state index is 12.4. The maximum atomic E-state index is 12.4. The summed E-state index contributed by atoms with van der Waals surface area (Å²) in [6.07, 6.45) is -0.354. The Morgan fingerprint density at radius 3 is 2.31 bits per heavy atom. The van der Waals surface area contributed by atoms with Crippen LogP contribution in [0.15, 0.2) is 47.1 Å². The largest absolute Gasteiger partial charge is 0.469 e. The lowest BCUT2D eigenvalue weighted by molar-refractivity contribution is -0.140. The van der Waals surface area contributed by atoms with Crippen molar-refractivity contribution in [2.45, 2.75) is 12.3 Å². The van der Waals surface area contributed by atoms with Crippen LogP contribution in [0.4, 0.5) is 0 Å². The van der Waals surface area contributed by atoms with Gasteiger partial charge in [0.25, 0.3) is 0 Å². The number of esters is 2. The van der Waals surface area contributed by atoms with Crippen LogP contribution in [0.2, 0.25) is 0 Å². The first-order chi connectivity index (χ1) is 12.5. The van der Waals surface area contributed by atoms with Gasteiger partial charge in [0, 0.05) is 0 Å². The topological polar surface area (TPSA) is 135 Å². The van der Waals surface area contributed by atoms with E-state index >= 15 is 0 Å². The van der Waals surface area contributed by atoms with E-state index in [1.807, 2.05) is 12.1 Å². The van der Waals surface area contributed by atoms with Crippen LogP contribution in [0.5, 0.6) is 0 Å². The monoisotopic (exact) mass is 353 g/mol. The summed E-state index contributed by atoms with van der Waals surface area (Å²) in [5.41, 5.74) is 6.75. The van der Waals surface area contributed by atoms with Crippen LogP contribution in [-0.2, 0) is 23.8 Å². The van der Waals surface area contributed by atoms with Crippen molar-refractivity contribution in [2.75, 3.05) is 14.2 Å². The highest BCUT2D eigenvalue weighted by Crippen LogP contribution is 2.40. The molecule has 0 saturated heterocycles. The van der Waals surface area contributed by atoms with Gasteiger partial charge in [-0.15, -0.1) is 0 Å². The molecule has 26 heavy (non-hydrogen) atoms. The zero-order valence-electron chi connectivity index (χ0n) is 14.1. The number of carbonyl (C=O) groups excluding carboxylic acids is 2. The van der Waals surface area contributed by atoms with E-state index in [9.17, 15) is 14.9 Å². The van der Waals surface area contributed by atoms with Crippen molar-refractivity contribution in [1.29, 1.82) is 10.5 Å². The van der Waals surface area contributed by atoms with Crippen LogP contribution in [0, 0.1) is 22.7 Å². The van der Waals surface area contributed by atoms with E-state index in [2.05, 4.69) is 4.74 Å². The summed E-state index contributed by atoms with van der Waals surface area (Å²) in [5, 5.41) is 18.4. The van der Waals surface area contributed by atoms with E-state index in [0.29, 0.717) is 11.1 Å². The number of nitrogens with two attached hydrogens (primary N) is 1. The van der Waals surface area contributed by atoms with Crippen LogP contribution in [0.3, 0.4) is 0 Å². The number of methoxy groups -OCH3 is 2. The molecule has 1 aliphatic heterocycles. The Balaban J connectivity index is 2.67. The first-order valence-electron chi connectivity index (χ1n) is 7.42. The molecule has 1 atom stereocenters. The van der Waals surface area contributed by atoms with Crippen molar-refractivity contribution in [1.82, 2.24) is 0 Å². The average Bonchev–Trinajstić information content (AvgIpc) is 2.66. The number of benzene rings is 1. The smallest absolute Gasteiger partial charge is 0.338 e. The number of ether oxygens (including phenoxy) is 3. The molecule has 0 unspecified atom stereocenters. The average molecular weight is 353 g/mol. The summed E-state index contributed by atoms with van der Waals surface area (Å²) < 4.78 is 14.8. The fourth-order valence-corrected chi connectivity index (χ4v) is 2.57. The van der Waals surface area contributed by atoms with Gasteiger partial charge in [-0.2, -0.15) is 10.5 Å². The summed E-state index contributed by atoms with van der Waals surface area (Å²) in [6.45, 7) is 0. The van der Waals surface area contributed by atoms with E-state index in [1.165, 1.54) is 14.2 Å². The molecule has 1 aromatic carbocycles. The Kier molecular flexibility index (Phi) is 5.61. The van der Waals surface area contributed by atoms with Crippen LogP contribution >= 0.6 is 0 Å². The predicted octanol–water partition coefficient (Wildman–Crippen LogP) is 1.36. The van der Waals surface area contributed by atoms with Gasteiger partial charge in [0.2, 0.25) is 5.88 Å². The molecule has 0 fully saturated rings. The Morgan fingerprint density at radius 1 is 1.15 bits per heavy atom. The molecule has 1 aromatic rings. The lowest BCUT2D eigenvalue weighted by Gasteiger charge is -2.27. The number of allylic oxidation sites excluding steroid dienone is 1. The molecular weight excluding hydrogens is 338 g/mol. The Hall–Kier alpha value is -3.78. The van der Waals surface area contributed by atoms with E-state index in [-0.39, 0.29) is 29.2 Å². The van der Waals surface area contributed by atoms with Crippen LogP contribution < -0.4 is 5.73 Å². The van der Waals surface area contributed by atoms with E-state index in [4.69, 9.17) is 20.5 Å². The lowest BCUT2D eigenvalue weighted by atomic mass is 9.82. The van der Waals surface area contributed by atoms with Gasteiger partial charge in [-0.3, -0.25) is 4.79 Å². The molecule has 2 N–H and O–H groups in total. The minimum atomic E-state index is -0.895. The van der Waals surface area contributed by atoms with Crippen molar-refractivity contribution < 1.29 is 23.8 Å². The van der Waals surface area contributed by atoms with Gasteiger partial charge in [0.1, 0.15) is 23.8 Å². The number of hydrogen-bond acceptors (Lipinski definition) is 8. The third kappa shape index (κ3) is 3.50. The number of hydrogen-bond donors (Lipinski definition) is 1. The summed E-state index contributed by atoms with van der Waals surface area (Å²) >= 11 is 0. The van der Waals surface area contributed by atoms with Gasteiger partial charge >= 0.3 is 11.9 Å². The summed E-state index contributed by atoms with van der Waals surface area (Å²) in [6, 6.07) is 10.2. The molecule has 0 radical (unpaired) electrons. The number of nitrogens with zero attached hydrogens (tertiary/aromatic N) is 2. The molecule has 0 bridgehead atoms. The normalized spacial score (nSPS) is 16.2. The fourth-order valence-electron chi connectivity index (χ4n) is 2.57. The van der Waals surface area contributed by atoms with E-state index < -0.39 is 17.9 Å². The fraction of sp³-hybridized carbons (Fsp3) is 0.222. The van der Waals surface area contributed by atoms with Gasteiger partial charge < -0.3 is 19.9 Å². The van der Waals surface area contributed by atoms with Gasteiger partial charge in [-0.1, -0.05) is 12.1 Å². The minimum absolute atomic E-state index is 0.00345. The summed E-state index contributed by atoms with van der Waals surface area (Å²) in [7, 11) is 2.37. The molecule has 0 saturated carbocycles. The van der Waals surface area contributed by atoms with Gasteiger partial charge in [-0.05, 0) is 17.7 Å². The standard InChI is InChI=1S/C18H15N3O5/c1-24-14(22)7-13-16(18(23)25-2)15(12(9-20)17(21)26-13)11-5-3-10(8-19)4-6-11/h3-6,15H,7,21H2,1-2H3/t15-/m0/s1. The van der Waals surface area contributed by atoms with E-state index in [0.717, 1.165) is 0 Å². The van der Waals surface area contributed by atoms with Crippen LogP contribution in [0.1, 0.15) is 23.5 Å². The third-order valence-corrected chi connectivity index (χ3v) is 3.81. The predicted molar refractivity (Wildman–Crippen MR) is 87.5 cm³/mol. The molecule has 0 spiro atoms. The first kappa shape index (κ1) is 18.6. The molecule has 8 nitrogen and oxygen atoms in total. The highest BCUT2D eigenvalue weighted by molar-refractivity contribution is 5.93. The second-order valence-corrected chi connectivity index (χ2v) is 5.24. The Labute approximate surface area is 149 Å². The molecule has 8 heteroatoms. The molecule has 132 valence electrons. The number of nitriles is 2. The van der Waals surface area contributed by atoms with Crippen molar-refractivity contribution in [3.8, 4) is 12.1 Å². The first-order valence-corrected chi connectivity index (χ1v) is 7.42. The summed E-state index contributed by atoms with van der Waals surface area (Å²) in [4.78, 5) is 24.1. The van der Waals surface area contributed by atoms with Crippen molar-refractivity contribution in [3.63, 3.8) is 0 Å². The van der Waals surface area contributed by atoms with Gasteiger partial charge in [0.15, 0.2) is 0 Å². The molecule has 0 aliphatic carbocycles. The van der Waals surface area contributed by atoms with Gasteiger partial charge in [-0.25, -0.2) is 4.79 Å². The SMILES string of the molecule is COC(=O)CC1=C(C(=O)OC)[C@@H](c2ccc(C#N)cc2)C(C#N)=C(N)O1. The zero-order valence-corrected chi connectivity index (χ0v) is 14.1. The molecule has 0 aromatic heterocycles. The van der Waals surface area contributed by atoms with E-state index in [1.54, 1.807) is 24.3 Å². The molecular formula is C18H15N3O5. The van der Waals surface area contributed by atoms with Crippen molar-refractivity contribution in [2.24, 2.45) is 5.73 Å². The number of rotatable bonds is 4. The molecule has 0 amide bonds. The zero-order chi connectivity index (χ0) is 19.3. The second kappa shape index (κ2) is 7.86. The third-order valence-electron chi connectivity index (χ3n) is 3.81. The highest BCUT2D eigenvalue weighted by Gasteiger charge is 2.38. The van der Waals surface area contributed by atoms with Crippen LogP contribution in [0.25, 0.3) is 0 Å². The highest BCUT2D eigenvalue weighted by atomic mass is 16.5. The number of carbonyl (C=O) groups is 2.